The van der Waals surface area contributed by atoms with E-state index >= 15 is 0 Å². The molecule has 1 aromatic carbocycles. The molecule has 4 aromatic rings. The summed E-state index contributed by atoms with van der Waals surface area (Å²) in [6, 6.07) is 11.7. The maximum Gasteiger partial charge on any atom is 0.257 e. The maximum atomic E-state index is 13.2. The van der Waals surface area contributed by atoms with E-state index in [0.29, 0.717) is 16.8 Å². The Hall–Kier alpha value is -3.89. The third-order valence-electron chi connectivity index (χ3n) is 9.45. The third-order valence-corrected chi connectivity index (χ3v) is 9.45. The standard InChI is InChI=1S/C32H39N9O/c1-38-14-9-32(10-15-38)21-41(22-32)30-18-24(8-11-33-30)31(42)35-29-17-25-16-23(6-7-27(25)36-37-29)26-19-34-39(2)28(26)20-40-12-4-3-5-13-40/h6-8,11,16-19H,3-5,9-10,12-15,20-22H2,1-2H3,(H,35,37,42). The summed E-state index contributed by atoms with van der Waals surface area (Å²) in [5, 5.41) is 17.1. The van der Waals surface area contributed by atoms with Crippen molar-refractivity contribution >= 4 is 28.4 Å². The topological polar surface area (TPSA) is 95.3 Å². The molecule has 1 amide bonds. The smallest absolute Gasteiger partial charge is 0.257 e. The van der Waals surface area contributed by atoms with Crippen LogP contribution in [-0.4, -0.2) is 87.0 Å². The molecule has 6 heterocycles. The van der Waals surface area contributed by atoms with Crippen molar-refractivity contribution in [2.24, 2.45) is 12.5 Å². The van der Waals surface area contributed by atoms with Gasteiger partial charge in [0.1, 0.15) is 5.82 Å². The highest BCUT2D eigenvalue weighted by atomic mass is 16.1. The fraction of sp³-hybridized carbons (Fsp3) is 0.469. The molecule has 3 fully saturated rings. The summed E-state index contributed by atoms with van der Waals surface area (Å²) < 4.78 is 1.99. The largest absolute Gasteiger partial charge is 0.355 e. The second kappa shape index (κ2) is 11.1. The number of carbonyl (C=O) groups is 1. The molecule has 0 atom stereocenters. The summed E-state index contributed by atoms with van der Waals surface area (Å²) in [7, 11) is 4.21. The van der Waals surface area contributed by atoms with Crippen LogP contribution in [0.1, 0.15) is 48.2 Å². The minimum atomic E-state index is -0.214. The van der Waals surface area contributed by atoms with Crippen molar-refractivity contribution in [2.75, 3.05) is 56.5 Å². The number of nitrogens with one attached hydrogen (secondary N) is 1. The molecule has 3 aliphatic heterocycles. The number of benzene rings is 1. The number of amides is 1. The Kier molecular flexibility index (Phi) is 7.11. The first-order valence-electron chi connectivity index (χ1n) is 15.2. The van der Waals surface area contributed by atoms with Gasteiger partial charge in [0.05, 0.1) is 17.4 Å². The lowest BCUT2D eigenvalue weighted by Gasteiger charge is -2.54. The van der Waals surface area contributed by atoms with Gasteiger partial charge in [-0.3, -0.25) is 14.4 Å². The molecule has 0 unspecified atom stereocenters. The molecule has 10 nitrogen and oxygen atoms in total. The number of fused-ring (bicyclic) bond motifs is 1. The van der Waals surface area contributed by atoms with Crippen molar-refractivity contribution in [3.8, 4) is 11.1 Å². The third kappa shape index (κ3) is 5.36. The molecule has 7 rings (SSSR count). The Morgan fingerprint density at radius 2 is 1.76 bits per heavy atom. The molecular weight excluding hydrogens is 526 g/mol. The predicted molar refractivity (Wildman–Crippen MR) is 164 cm³/mol. The first-order valence-corrected chi connectivity index (χ1v) is 15.2. The number of hydrogen-bond acceptors (Lipinski definition) is 8. The monoisotopic (exact) mass is 565 g/mol. The number of nitrogens with zero attached hydrogens (tertiary/aromatic N) is 8. The molecule has 10 heteroatoms. The Balaban J connectivity index is 1.06. The van der Waals surface area contributed by atoms with Gasteiger partial charge in [-0.15, -0.1) is 10.2 Å². The van der Waals surface area contributed by atoms with E-state index in [4.69, 9.17) is 0 Å². The fourth-order valence-corrected chi connectivity index (χ4v) is 6.75. The molecule has 3 aliphatic rings. The molecule has 1 N–H and O–H groups in total. The average molecular weight is 566 g/mol. The molecule has 3 saturated heterocycles. The van der Waals surface area contributed by atoms with E-state index in [0.717, 1.165) is 73.7 Å². The Morgan fingerprint density at radius 1 is 0.952 bits per heavy atom. The first-order chi connectivity index (χ1) is 20.4. The van der Waals surface area contributed by atoms with E-state index in [1.807, 2.05) is 36.1 Å². The van der Waals surface area contributed by atoms with E-state index in [1.54, 1.807) is 12.3 Å². The minimum absolute atomic E-state index is 0.214. The normalized spacial score (nSPS) is 19.2. The molecule has 3 aromatic heterocycles. The van der Waals surface area contributed by atoms with Crippen molar-refractivity contribution in [3.63, 3.8) is 0 Å². The second-order valence-electron chi connectivity index (χ2n) is 12.5. The van der Waals surface area contributed by atoms with Crippen molar-refractivity contribution in [3.05, 3.63) is 60.0 Å². The lowest BCUT2D eigenvalue weighted by Crippen LogP contribution is -2.60. The van der Waals surface area contributed by atoms with Crippen molar-refractivity contribution in [1.29, 1.82) is 0 Å². The zero-order chi connectivity index (χ0) is 28.7. The van der Waals surface area contributed by atoms with Crippen LogP contribution in [0.4, 0.5) is 11.6 Å². The number of piperidine rings is 2. The predicted octanol–water partition coefficient (Wildman–Crippen LogP) is 4.20. The van der Waals surface area contributed by atoms with Crippen molar-refractivity contribution in [2.45, 2.75) is 38.6 Å². The van der Waals surface area contributed by atoms with Gasteiger partial charge in [0, 0.05) is 54.8 Å². The van der Waals surface area contributed by atoms with Crippen molar-refractivity contribution < 1.29 is 4.79 Å². The number of aryl methyl sites for hydroxylation is 1. The Labute approximate surface area is 246 Å². The molecule has 0 radical (unpaired) electrons. The lowest BCUT2D eigenvalue weighted by atomic mass is 9.72. The van der Waals surface area contributed by atoms with Crippen LogP contribution in [-0.2, 0) is 13.6 Å². The molecule has 0 bridgehead atoms. The zero-order valence-corrected chi connectivity index (χ0v) is 24.6. The van der Waals surface area contributed by atoms with Gasteiger partial charge in [-0.05, 0) is 94.8 Å². The highest BCUT2D eigenvalue weighted by Gasteiger charge is 2.44. The van der Waals surface area contributed by atoms with Crippen LogP contribution in [0.15, 0.2) is 48.8 Å². The Morgan fingerprint density at radius 3 is 2.57 bits per heavy atom. The van der Waals surface area contributed by atoms with Gasteiger partial charge in [0.2, 0.25) is 0 Å². The number of pyridine rings is 1. The van der Waals surface area contributed by atoms with E-state index in [-0.39, 0.29) is 5.91 Å². The second-order valence-corrected chi connectivity index (χ2v) is 12.5. The van der Waals surface area contributed by atoms with Gasteiger partial charge < -0.3 is 15.1 Å². The van der Waals surface area contributed by atoms with Crippen LogP contribution in [0.2, 0.25) is 0 Å². The van der Waals surface area contributed by atoms with Gasteiger partial charge in [0.25, 0.3) is 5.91 Å². The molecule has 1 spiro atoms. The highest BCUT2D eigenvalue weighted by molar-refractivity contribution is 6.04. The molecular formula is C32H39N9O. The van der Waals surface area contributed by atoms with Crippen LogP contribution in [0.3, 0.4) is 0 Å². The number of rotatable bonds is 6. The van der Waals surface area contributed by atoms with Gasteiger partial charge in [-0.25, -0.2) is 4.98 Å². The van der Waals surface area contributed by atoms with Gasteiger partial charge in [0.15, 0.2) is 5.82 Å². The summed E-state index contributed by atoms with van der Waals surface area (Å²) in [4.78, 5) is 25.0. The quantitative estimate of drug-likeness (QED) is 0.372. The van der Waals surface area contributed by atoms with Crippen LogP contribution < -0.4 is 10.2 Å². The summed E-state index contributed by atoms with van der Waals surface area (Å²) in [6.45, 7) is 7.48. The lowest BCUT2D eigenvalue weighted by molar-refractivity contribution is 0.0900. The van der Waals surface area contributed by atoms with E-state index < -0.39 is 0 Å². The SMILES string of the molecule is CN1CCC2(CC1)CN(c1cc(C(=O)Nc3cc4cc(-c5cnn(C)c5CN5CCCCC5)ccc4nn3)ccn1)C2. The number of hydrogen-bond donors (Lipinski definition) is 1. The average Bonchev–Trinajstić information content (AvgIpc) is 3.36. The van der Waals surface area contributed by atoms with Crippen molar-refractivity contribution in [1.82, 2.24) is 34.8 Å². The number of carbonyl (C=O) groups excluding carboxylic acids is 1. The van der Waals surface area contributed by atoms with Crippen LogP contribution in [0.25, 0.3) is 22.0 Å². The molecule has 218 valence electrons. The van der Waals surface area contributed by atoms with Gasteiger partial charge >= 0.3 is 0 Å². The summed E-state index contributed by atoms with van der Waals surface area (Å²) in [5.74, 6) is 1.07. The molecule has 42 heavy (non-hydrogen) atoms. The van der Waals surface area contributed by atoms with E-state index in [1.165, 1.54) is 37.8 Å². The van der Waals surface area contributed by atoms with Crippen LogP contribution in [0.5, 0.6) is 0 Å². The highest BCUT2D eigenvalue weighted by Crippen LogP contribution is 2.42. The number of aromatic nitrogens is 5. The minimum Gasteiger partial charge on any atom is -0.355 e. The first kappa shape index (κ1) is 27.0. The number of likely N-dealkylation sites (tertiary alicyclic amines) is 2. The summed E-state index contributed by atoms with van der Waals surface area (Å²) >= 11 is 0. The van der Waals surface area contributed by atoms with Crippen LogP contribution in [0, 0.1) is 5.41 Å². The van der Waals surface area contributed by atoms with E-state index in [2.05, 4.69) is 59.5 Å². The zero-order valence-electron chi connectivity index (χ0n) is 24.6. The fourth-order valence-electron chi connectivity index (χ4n) is 6.75. The molecule has 0 saturated carbocycles. The Bertz CT molecular complexity index is 1590. The summed E-state index contributed by atoms with van der Waals surface area (Å²) in [5.41, 5.74) is 5.18. The summed E-state index contributed by atoms with van der Waals surface area (Å²) in [6.07, 6.45) is 9.95. The van der Waals surface area contributed by atoms with E-state index in [9.17, 15) is 4.79 Å². The van der Waals surface area contributed by atoms with Gasteiger partial charge in [-0.1, -0.05) is 12.5 Å². The molecule has 0 aliphatic carbocycles. The maximum absolute atomic E-state index is 13.2. The number of anilines is 2. The van der Waals surface area contributed by atoms with Gasteiger partial charge in [-0.2, -0.15) is 5.10 Å². The van der Waals surface area contributed by atoms with Crippen LogP contribution >= 0.6 is 0 Å².